The molecule has 39 heavy (non-hydrogen) atoms. The number of aromatic nitrogens is 1. The van der Waals surface area contributed by atoms with Crippen molar-refractivity contribution in [3.05, 3.63) is 82.8 Å². The first-order valence-electron chi connectivity index (χ1n) is 12.3. The van der Waals surface area contributed by atoms with Gasteiger partial charge in [-0.15, -0.1) is 0 Å². The van der Waals surface area contributed by atoms with Crippen molar-refractivity contribution >= 4 is 5.91 Å². The summed E-state index contributed by atoms with van der Waals surface area (Å²) >= 11 is 0. The zero-order chi connectivity index (χ0) is 28.6. The van der Waals surface area contributed by atoms with E-state index in [4.69, 9.17) is 10.5 Å². The molecule has 0 aliphatic heterocycles. The number of amides is 1. The molecule has 0 radical (unpaired) electrons. The maximum absolute atomic E-state index is 14.4. The summed E-state index contributed by atoms with van der Waals surface area (Å²) in [4.78, 5) is 16.9. The average molecular weight is 548 g/mol. The maximum atomic E-state index is 14.4. The molecule has 7 nitrogen and oxygen atoms in total. The molecule has 2 aromatic carbocycles. The van der Waals surface area contributed by atoms with Gasteiger partial charge in [0.2, 0.25) is 5.60 Å². The van der Waals surface area contributed by atoms with Crippen LogP contribution in [0.15, 0.2) is 54.6 Å². The Kier molecular flexibility index (Phi) is 7.70. The van der Waals surface area contributed by atoms with E-state index >= 15 is 0 Å². The lowest BCUT2D eigenvalue weighted by atomic mass is 9.89. The highest BCUT2D eigenvalue weighted by molar-refractivity contribution is 5.94. The molecule has 1 amide bonds. The summed E-state index contributed by atoms with van der Waals surface area (Å²) in [6.45, 7) is 1.45. The molecule has 0 saturated heterocycles. The van der Waals surface area contributed by atoms with Gasteiger partial charge in [0.25, 0.3) is 5.91 Å². The molecule has 1 unspecified atom stereocenters. The fourth-order valence-corrected chi connectivity index (χ4v) is 3.85. The summed E-state index contributed by atoms with van der Waals surface area (Å²) < 4.78 is 62.3. The lowest BCUT2D eigenvalue weighted by Gasteiger charge is -2.32. The summed E-state index contributed by atoms with van der Waals surface area (Å²) in [5.41, 5.74) is 1.54. The number of ether oxygens (including phenoxy) is 1. The second-order valence-corrected chi connectivity index (χ2v) is 10.2. The van der Waals surface area contributed by atoms with Gasteiger partial charge in [-0.25, -0.2) is 9.37 Å². The van der Waals surface area contributed by atoms with E-state index < -0.39 is 47.9 Å². The number of benzene rings is 2. The third-order valence-electron chi connectivity index (χ3n) is 6.42. The van der Waals surface area contributed by atoms with Crippen LogP contribution in [0.5, 0.6) is 5.75 Å². The van der Waals surface area contributed by atoms with Crippen LogP contribution in [0.3, 0.4) is 0 Å². The number of pyridine rings is 1. The highest BCUT2D eigenvalue weighted by Gasteiger charge is 2.56. The topological polar surface area (TPSA) is 118 Å². The van der Waals surface area contributed by atoms with Crippen LogP contribution in [0.1, 0.15) is 53.9 Å². The molecule has 1 saturated carbocycles. The number of alkyl halides is 3. The number of nitrogens with one attached hydrogen (secondary N) is 1. The predicted octanol–water partition coefficient (Wildman–Crippen LogP) is 4.29. The minimum atomic E-state index is -5.25. The first-order valence-corrected chi connectivity index (χ1v) is 12.3. The van der Waals surface area contributed by atoms with Gasteiger partial charge in [0.05, 0.1) is 30.6 Å². The molecule has 3 aromatic rings. The van der Waals surface area contributed by atoms with Crippen molar-refractivity contribution in [2.45, 2.75) is 56.7 Å². The van der Waals surface area contributed by atoms with Crippen molar-refractivity contribution in [1.29, 1.82) is 0 Å². The number of carbonyl (C=O) groups is 1. The minimum absolute atomic E-state index is 0.0245. The van der Waals surface area contributed by atoms with Gasteiger partial charge in [0, 0.05) is 22.2 Å². The van der Waals surface area contributed by atoms with E-state index in [0.717, 1.165) is 31.0 Å². The molecule has 1 fully saturated rings. The number of aliphatic hydroxyl groups is 2. The van der Waals surface area contributed by atoms with Crippen LogP contribution >= 0.6 is 0 Å². The summed E-state index contributed by atoms with van der Waals surface area (Å²) in [5, 5.41) is 22.8. The zero-order valence-corrected chi connectivity index (χ0v) is 21.3. The van der Waals surface area contributed by atoms with Crippen LogP contribution in [0.4, 0.5) is 17.6 Å². The van der Waals surface area contributed by atoms with Crippen molar-refractivity contribution in [3.63, 3.8) is 0 Å². The van der Waals surface area contributed by atoms with E-state index in [-0.39, 0.29) is 22.9 Å². The van der Waals surface area contributed by atoms with E-state index in [9.17, 15) is 32.6 Å². The van der Waals surface area contributed by atoms with Crippen LogP contribution in [-0.4, -0.2) is 39.9 Å². The monoisotopic (exact) mass is 547 g/mol. The van der Waals surface area contributed by atoms with E-state index in [2.05, 4.69) is 10.3 Å². The highest BCUT2D eigenvalue weighted by Crippen LogP contribution is 2.40. The predicted molar refractivity (Wildman–Crippen MR) is 135 cm³/mol. The van der Waals surface area contributed by atoms with E-state index in [0.29, 0.717) is 16.9 Å². The maximum Gasteiger partial charge on any atom is 0.424 e. The Bertz CT molecular complexity index is 1350. The van der Waals surface area contributed by atoms with Crippen LogP contribution < -0.4 is 15.8 Å². The van der Waals surface area contributed by atoms with Gasteiger partial charge in [-0.3, -0.25) is 4.79 Å². The molecule has 1 atom stereocenters. The van der Waals surface area contributed by atoms with Gasteiger partial charge in [-0.2, -0.15) is 13.2 Å². The number of hydrogen-bond donors (Lipinski definition) is 4. The minimum Gasteiger partial charge on any atom is -0.490 e. The van der Waals surface area contributed by atoms with Crippen LogP contribution in [0.2, 0.25) is 0 Å². The quantitative estimate of drug-likeness (QED) is 0.297. The van der Waals surface area contributed by atoms with Gasteiger partial charge in [0.15, 0.2) is 0 Å². The first kappa shape index (κ1) is 28.5. The Morgan fingerprint density at radius 2 is 1.77 bits per heavy atom. The Hall–Kier alpha value is -3.54. The SMILES string of the molecule is CC(C)(N)c1cc(-c2ccc(F)cc2)nc(C(O)(CNC(=O)c2ccc(OC3CC3)c(CO)c2)C(F)(F)F)c1. The number of halogens is 4. The fraction of sp³-hybridized carbons (Fsp3) is 0.357. The van der Waals surface area contributed by atoms with Crippen LogP contribution in [0.25, 0.3) is 11.3 Å². The summed E-state index contributed by atoms with van der Waals surface area (Å²) in [7, 11) is 0. The van der Waals surface area contributed by atoms with Crippen molar-refractivity contribution in [1.82, 2.24) is 10.3 Å². The van der Waals surface area contributed by atoms with Gasteiger partial charge in [0.1, 0.15) is 11.6 Å². The Balaban J connectivity index is 1.67. The average Bonchev–Trinajstić information content (AvgIpc) is 3.70. The number of nitrogens with two attached hydrogens (primary N) is 1. The van der Waals surface area contributed by atoms with Gasteiger partial charge in [-0.05, 0) is 86.8 Å². The van der Waals surface area contributed by atoms with Crippen molar-refractivity contribution in [2.24, 2.45) is 5.73 Å². The Morgan fingerprint density at radius 3 is 2.33 bits per heavy atom. The van der Waals surface area contributed by atoms with Gasteiger partial charge in [-0.1, -0.05) is 0 Å². The van der Waals surface area contributed by atoms with Crippen LogP contribution in [0, 0.1) is 5.82 Å². The number of nitrogens with zero attached hydrogens (tertiary/aromatic N) is 1. The third-order valence-corrected chi connectivity index (χ3v) is 6.42. The lowest BCUT2D eigenvalue weighted by molar-refractivity contribution is -0.265. The highest BCUT2D eigenvalue weighted by atomic mass is 19.4. The number of hydrogen-bond acceptors (Lipinski definition) is 6. The molecular weight excluding hydrogens is 518 g/mol. The molecule has 5 N–H and O–H groups in total. The smallest absolute Gasteiger partial charge is 0.424 e. The lowest BCUT2D eigenvalue weighted by Crippen LogP contribution is -2.51. The molecule has 208 valence electrons. The van der Waals surface area contributed by atoms with Gasteiger partial charge >= 0.3 is 6.18 Å². The largest absolute Gasteiger partial charge is 0.490 e. The third kappa shape index (κ3) is 6.38. The molecule has 1 aromatic heterocycles. The van der Waals surface area contributed by atoms with E-state index in [1.807, 2.05) is 0 Å². The molecule has 0 spiro atoms. The molecular formula is C28H29F4N3O4. The van der Waals surface area contributed by atoms with Crippen molar-refractivity contribution in [3.8, 4) is 17.0 Å². The summed E-state index contributed by atoms with van der Waals surface area (Å²) in [6.07, 6.45) is -3.45. The van der Waals surface area contributed by atoms with E-state index in [1.165, 1.54) is 36.4 Å². The molecule has 0 bridgehead atoms. The molecule has 1 aliphatic rings. The number of rotatable bonds is 9. The second-order valence-electron chi connectivity index (χ2n) is 10.2. The van der Waals surface area contributed by atoms with Crippen molar-refractivity contribution < 1.29 is 37.3 Å². The Labute approximate surface area is 222 Å². The fourth-order valence-electron chi connectivity index (χ4n) is 3.85. The van der Waals surface area contributed by atoms with Crippen molar-refractivity contribution in [2.75, 3.05) is 6.54 Å². The summed E-state index contributed by atoms with van der Waals surface area (Å²) in [5.74, 6) is -1.05. The standard InChI is InChI=1S/C28H29F4N3O4/c1-26(2,33)19-12-22(16-3-6-20(29)7-4-16)35-24(13-19)27(38,28(30,31)32)15-34-25(37)17-5-10-23(18(11-17)14-36)39-21-8-9-21/h3-7,10-13,21,36,38H,8-9,14-15,33H2,1-2H3,(H,34,37). The molecule has 1 heterocycles. The number of aliphatic hydroxyl groups excluding tert-OH is 1. The van der Waals surface area contributed by atoms with Crippen LogP contribution in [-0.2, 0) is 17.7 Å². The molecule has 11 heteroatoms. The first-order chi connectivity index (χ1) is 18.2. The second kappa shape index (κ2) is 10.6. The van der Waals surface area contributed by atoms with Gasteiger partial charge < -0.3 is 26.0 Å². The number of carbonyl (C=O) groups excluding carboxylic acids is 1. The normalized spacial score (nSPS) is 15.5. The molecule has 4 rings (SSSR count). The Morgan fingerprint density at radius 1 is 1.10 bits per heavy atom. The van der Waals surface area contributed by atoms with E-state index in [1.54, 1.807) is 13.8 Å². The summed E-state index contributed by atoms with van der Waals surface area (Å²) in [6, 6.07) is 11.6. The zero-order valence-electron chi connectivity index (χ0n) is 21.3. The molecule has 1 aliphatic carbocycles.